The monoisotopic (exact) mass is 383 g/mol. The summed E-state index contributed by atoms with van der Waals surface area (Å²) in [5, 5.41) is 0. The van der Waals surface area contributed by atoms with Gasteiger partial charge in [-0.2, -0.15) is 0 Å². The maximum Gasteiger partial charge on any atom is 0.259 e. The Hall–Kier alpha value is -2.47. The van der Waals surface area contributed by atoms with Crippen LogP contribution < -0.4 is 5.43 Å². The summed E-state index contributed by atoms with van der Waals surface area (Å²) in [5.41, 5.74) is 1.95. The summed E-state index contributed by atoms with van der Waals surface area (Å²) in [6, 6.07) is 8.16. The molecule has 0 saturated carbocycles. The molecule has 2 aromatic rings. The molecule has 4 rings (SSSR count). The molecule has 148 valence electrons. The summed E-state index contributed by atoms with van der Waals surface area (Å²) in [6.45, 7) is 5.94. The largest absolute Gasteiger partial charge is 0.364 e. The van der Waals surface area contributed by atoms with Crippen molar-refractivity contribution in [1.29, 1.82) is 0 Å². The van der Waals surface area contributed by atoms with Gasteiger partial charge in [-0.3, -0.25) is 14.5 Å². The highest BCUT2D eigenvalue weighted by molar-refractivity contribution is 5.94. The fraction of sp³-hybridized carbons (Fsp3) is 0.455. The quantitative estimate of drug-likeness (QED) is 0.887. The molecule has 2 fully saturated rings. The van der Waals surface area contributed by atoms with Crippen LogP contribution in [0.3, 0.4) is 0 Å². The Morgan fingerprint density at radius 1 is 1.18 bits per heavy atom. The molecule has 0 radical (unpaired) electrons. The van der Waals surface area contributed by atoms with Gasteiger partial charge in [0.2, 0.25) is 0 Å². The van der Waals surface area contributed by atoms with Gasteiger partial charge in [-0.05, 0) is 50.4 Å². The van der Waals surface area contributed by atoms with Crippen molar-refractivity contribution in [2.45, 2.75) is 32.7 Å². The highest BCUT2D eigenvalue weighted by Gasteiger charge is 2.43. The zero-order valence-electron chi connectivity index (χ0n) is 16.2. The van der Waals surface area contributed by atoms with E-state index in [9.17, 15) is 14.0 Å². The van der Waals surface area contributed by atoms with Gasteiger partial charge in [-0.15, -0.1) is 0 Å². The number of aromatic amines is 1. The summed E-state index contributed by atoms with van der Waals surface area (Å²) < 4.78 is 13.1. The number of aromatic nitrogens is 1. The lowest BCUT2D eigenvalue weighted by molar-refractivity contribution is 0.0674. The molecule has 0 aliphatic carbocycles. The number of likely N-dealkylation sites (tertiary alicyclic amines) is 2. The zero-order valence-corrected chi connectivity index (χ0v) is 16.2. The fourth-order valence-electron chi connectivity index (χ4n) is 4.65. The number of aryl methyl sites for hydroxylation is 1. The number of nitrogens with one attached hydrogen (secondary N) is 1. The third-order valence-electron chi connectivity index (χ3n) is 6.07. The van der Waals surface area contributed by atoms with Crippen LogP contribution in [0, 0.1) is 18.2 Å². The van der Waals surface area contributed by atoms with E-state index in [4.69, 9.17) is 0 Å². The Labute approximate surface area is 164 Å². The maximum absolute atomic E-state index is 13.1. The van der Waals surface area contributed by atoms with E-state index in [1.165, 1.54) is 24.4 Å². The molecule has 28 heavy (non-hydrogen) atoms. The third kappa shape index (κ3) is 3.87. The number of rotatable bonds is 3. The Morgan fingerprint density at radius 3 is 2.71 bits per heavy atom. The summed E-state index contributed by atoms with van der Waals surface area (Å²) in [6.07, 6.45) is 4.68. The number of nitrogens with zero attached hydrogens (tertiary/aromatic N) is 2. The smallest absolute Gasteiger partial charge is 0.259 e. The van der Waals surface area contributed by atoms with Crippen LogP contribution in [0.5, 0.6) is 0 Å². The Kier molecular flexibility index (Phi) is 5.06. The van der Waals surface area contributed by atoms with Crippen LogP contribution in [-0.4, -0.2) is 46.9 Å². The van der Waals surface area contributed by atoms with Crippen molar-refractivity contribution < 1.29 is 9.18 Å². The lowest BCUT2D eigenvalue weighted by atomic mass is 9.79. The van der Waals surface area contributed by atoms with Crippen molar-refractivity contribution in [3.8, 4) is 0 Å². The van der Waals surface area contributed by atoms with Crippen LogP contribution in [0.1, 0.15) is 40.9 Å². The van der Waals surface area contributed by atoms with E-state index in [0.29, 0.717) is 13.1 Å². The summed E-state index contributed by atoms with van der Waals surface area (Å²) in [5.74, 6) is -0.385. The van der Waals surface area contributed by atoms with Crippen LogP contribution in [0.4, 0.5) is 4.39 Å². The maximum atomic E-state index is 13.1. The van der Waals surface area contributed by atoms with Crippen LogP contribution in [-0.2, 0) is 6.54 Å². The second kappa shape index (κ2) is 7.51. The Bertz CT molecular complexity index is 924. The number of halogens is 1. The normalized spacial score (nSPS) is 22.7. The standard InChI is InChI=1S/C22H26FN3O2/c1-16-11-20(27)19(12-24-16)21(28)26-10-8-22(15-26)7-2-9-25(14-22)13-17-3-5-18(23)6-4-17/h3-6,11-12H,2,7-10,13-15H2,1H3,(H,24,27)/t22-/m1/s1. The molecular weight excluding hydrogens is 357 g/mol. The fourth-order valence-corrected chi connectivity index (χ4v) is 4.65. The number of H-pyrrole nitrogens is 1. The number of hydrogen-bond donors (Lipinski definition) is 1. The van der Waals surface area contributed by atoms with Gasteiger partial charge in [0.15, 0.2) is 5.43 Å². The molecule has 5 nitrogen and oxygen atoms in total. The molecule has 1 N–H and O–H groups in total. The van der Waals surface area contributed by atoms with E-state index in [1.807, 2.05) is 17.0 Å². The van der Waals surface area contributed by atoms with Gasteiger partial charge in [-0.1, -0.05) is 12.1 Å². The second-order valence-electron chi connectivity index (χ2n) is 8.31. The molecule has 1 amide bonds. The molecule has 1 aromatic heterocycles. The van der Waals surface area contributed by atoms with Crippen molar-refractivity contribution in [2.24, 2.45) is 5.41 Å². The number of benzene rings is 1. The summed E-state index contributed by atoms with van der Waals surface area (Å²) in [4.78, 5) is 32.3. The van der Waals surface area contributed by atoms with Crippen molar-refractivity contribution in [2.75, 3.05) is 26.2 Å². The van der Waals surface area contributed by atoms with Crippen molar-refractivity contribution in [1.82, 2.24) is 14.8 Å². The zero-order chi connectivity index (χ0) is 19.7. The topological polar surface area (TPSA) is 56.4 Å². The Morgan fingerprint density at radius 2 is 1.96 bits per heavy atom. The number of pyridine rings is 1. The second-order valence-corrected chi connectivity index (χ2v) is 8.31. The first-order chi connectivity index (χ1) is 13.4. The van der Waals surface area contributed by atoms with E-state index in [0.717, 1.165) is 50.2 Å². The summed E-state index contributed by atoms with van der Waals surface area (Å²) >= 11 is 0. The predicted molar refractivity (Wildman–Crippen MR) is 106 cm³/mol. The third-order valence-corrected chi connectivity index (χ3v) is 6.07. The van der Waals surface area contributed by atoms with Crippen molar-refractivity contribution in [3.63, 3.8) is 0 Å². The number of carbonyl (C=O) groups excluding carboxylic acids is 1. The molecule has 2 saturated heterocycles. The highest BCUT2D eigenvalue weighted by Crippen LogP contribution is 2.39. The number of carbonyl (C=O) groups is 1. The first-order valence-corrected chi connectivity index (χ1v) is 9.90. The Balaban J connectivity index is 1.43. The summed E-state index contributed by atoms with van der Waals surface area (Å²) in [7, 11) is 0. The molecular formula is C22H26FN3O2. The van der Waals surface area contributed by atoms with Gasteiger partial charge >= 0.3 is 0 Å². The molecule has 1 aromatic carbocycles. The van der Waals surface area contributed by atoms with Gasteiger partial charge in [0.25, 0.3) is 5.91 Å². The van der Waals surface area contributed by atoms with E-state index >= 15 is 0 Å². The van der Waals surface area contributed by atoms with Crippen LogP contribution >= 0.6 is 0 Å². The van der Waals surface area contributed by atoms with E-state index in [-0.39, 0.29) is 28.1 Å². The molecule has 2 aliphatic heterocycles. The van der Waals surface area contributed by atoms with Gasteiger partial charge in [0.05, 0.1) is 0 Å². The SMILES string of the molecule is Cc1cc(=O)c(C(=O)N2CC[C@@]3(CCCN(Cc4ccc(F)cc4)C3)C2)c[nH]1. The minimum Gasteiger partial charge on any atom is -0.364 e. The first kappa shape index (κ1) is 18.9. The van der Waals surface area contributed by atoms with Crippen LogP contribution in [0.2, 0.25) is 0 Å². The molecule has 6 heteroatoms. The van der Waals surface area contributed by atoms with Crippen molar-refractivity contribution in [3.05, 3.63) is 69.4 Å². The first-order valence-electron chi connectivity index (χ1n) is 9.90. The average Bonchev–Trinajstić information content (AvgIpc) is 3.06. The highest BCUT2D eigenvalue weighted by atomic mass is 19.1. The van der Waals surface area contributed by atoms with Gasteiger partial charge < -0.3 is 9.88 Å². The molecule has 2 aliphatic rings. The lowest BCUT2D eigenvalue weighted by Gasteiger charge is -2.40. The number of hydrogen-bond acceptors (Lipinski definition) is 3. The van der Waals surface area contributed by atoms with Crippen LogP contribution in [0.25, 0.3) is 0 Å². The van der Waals surface area contributed by atoms with Gasteiger partial charge in [0.1, 0.15) is 11.4 Å². The van der Waals surface area contributed by atoms with Gasteiger partial charge in [0, 0.05) is 49.6 Å². The molecule has 3 heterocycles. The molecule has 0 unspecified atom stereocenters. The van der Waals surface area contributed by atoms with E-state index in [2.05, 4.69) is 9.88 Å². The van der Waals surface area contributed by atoms with Crippen molar-refractivity contribution >= 4 is 5.91 Å². The minimum atomic E-state index is -0.219. The predicted octanol–water partition coefficient (Wildman–Crippen LogP) is 2.95. The van der Waals surface area contributed by atoms with Crippen LogP contribution in [0.15, 0.2) is 41.3 Å². The molecule has 1 spiro atoms. The van der Waals surface area contributed by atoms with Gasteiger partial charge in [-0.25, -0.2) is 4.39 Å². The average molecular weight is 383 g/mol. The minimum absolute atomic E-state index is 0.0887. The van der Waals surface area contributed by atoms with E-state index < -0.39 is 0 Å². The lowest BCUT2D eigenvalue weighted by Crippen LogP contribution is -2.45. The molecule has 1 atom stereocenters. The molecule has 0 bridgehead atoms. The van der Waals surface area contributed by atoms with E-state index in [1.54, 1.807) is 6.92 Å². The number of amides is 1. The number of piperidine rings is 1.